The third-order valence-electron chi connectivity index (χ3n) is 1.36. The summed E-state index contributed by atoms with van der Waals surface area (Å²) < 4.78 is 4.79. The number of aromatic amines is 1. The van der Waals surface area contributed by atoms with E-state index in [1.165, 1.54) is 11.1 Å². The summed E-state index contributed by atoms with van der Waals surface area (Å²) in [5.41, 5.74) is -0.274. The fourth-order valence-electron chi connectivity index (χ4n) is 0.899. The van der Waals surface area contributed by atoms with Crippen molar-refractivity contribution in [3.63, 3.8) is 0 Å². The summed E-state index contributed by atoms with van der Waals surface area (Å²) in [5.74, 6) is 6.39. The van der Waals surface area contributed by atoms with Crippen molar-refractivity contribution in [3.8, 4) is 0 Å². The Morgan fingerprint density at radius 1 is 1.75 bits per heavy atom. The van der Waals surface area contributed by atoms with Gasteiger partial charge in [0, 0.05) is 6.54 Å². The summed E-state index contributed by atoms with van der Waals surface area (Å²) in [5, 5.41) is 3.58. The van der Waals surface area contributed by atoms with Crippen LogP contribution in [0.1, 0.15) is 13.8 Å². The molecule has 0 atom stereocenters. The molecule has 0 aromatic carbocycles. The summed E-state index contributed by atoms with van der Waals surface area (Å²) in [7, 11) is 0. The van der Waals surface area contributed by atoms with E-state index in [1.54, 1.807) is 0 Å². The van der Waals surface area contributed by atoms with Crippen LogP contribution in [0.25, 0.3) is 0 Å². The minimum absolute atomic E-state index is 0.274. The quantitative estimate of drug-likeness (QED) is 0.506. The summed E-state index contributed by atoms with van der Waals surface area (Å²) in [6.45, 7) is 4.72. The molecule has 0 aliphatic heterocycles. The Bertz CT molecular complexity index is 289. The second-order valence-electron chi connectivity index (χ2n) is 3.10. The van der Waals surface area contributed by atoms with Crippen LogP contribution in [0.3, 0.4) is 0 Å². The molecule has 0 bridgehead atoms. The monoisotopic (exact) mass is 171 g/mol. The van der Waals surface area contributed by atoms with Crippen LogP contribution >= 0.6 is 0 Å². The van der Waals surface area contributed by atoms with Gasteiger partial charge < -0.3 is 4.52 Å². The fraction of sp³-hybridized carbons (Fsp3) is 0.571. The van der Waals surface area contributed by atoms with E-state index in [9.17, 15) is 4.79 Å². The van der Waals surface area contributed by atoms with Crippen molar-refractivity contribution in [2.75, 3.05) is 11.6 Å². The molecule has 3 N–H and O–H groups in total. The molecule has 5 nitrogen and oxygen atoms in total. The number of nitrogens with one attached hydrogen (secondary N) is 1. The Balaban J connectivity index is 2.65. The minimum Gasteiger partial charge on any atom is -0.359 e. The average Bonchev–Trinajstić information content (AvgIpc) is 2.34. The fourth-order valence-corrected chi connectivity index (χ4v) is 0.899. The standard InChI is InChI=1S/C7H13N3O2/c1-5(2)4-10(8)7-3-6(11)9-12-7/h3,5H,4,8H2,1-2H3,(H,9,11). The van der Waals surface area contributed by atoms with Gasteiger partial charge in [0.1, 0.15) is 0 Å². The van der Waals surface area contributed by atoms with Gasteiger partial charge in [-0.05, 0) is 5.92 Å². The zero-order valence-corrected chi connectivity index (χ0v) is 7.20. The first-order valence-electron chi connectivity index (χ1n) is 3.80. The highest BCUT2D eigenvalue weighted by Gasteiger charge is 2.07. The number of hydrazine groups is 1. The van der Waals surface area contributed by atoms with Gasteiger partial charge in [-0.25, -0.2) is 5.84 Å². The lowest BCUT2D eigenvalue weighted by molar-refractivity contribution is 0.405. The first kappa shape index (κ1) is 8.86. The van der Waals surface area contributed by atoms with Crippen LogP contribution in [0, 0.1) is 5.92 Å². The van der Waals surface area contributed by atoms with E-state index < -0.39 is 0 Å². The van der Waals surface area contributed by atoms with Crippen molar-refractivity contribution < 1.29 is 4.52 Å². The summed E-state index contributed by atoms with van der Waals surface area (Å²) in [6.07, 6.45) is 0. The zero-order chi connectivity index (χ0) is 9.14. The number of hydrogen-bond donors (Lipinski definition) is 2. The second-order valence-corrected chi connectivity index (χ2v) is 3.10. The molecule has 68 valence electrons. The van der Waals surface area contributed by atoms with Gasteiger partial charge in [-0.1, -0.05) is 13.8 Å². The lowest BCUT2D eigenvalue weighted by atomic mass is 10.2. The van der Waals surface area contributed by atoms with E-state index in [0.717, 1.165) is 0 Å². The van der Waals surface area contributed by atoms with Crippen LogP contribution in [-0.2, 0) is 0 Å². The topological polar surface area (TPSA) is 75.3 Å². The van der Waals surface area contributed by atoms with Gasteiger partial charge >= 0.3 is 0 Å². The Hall–Kier alpha value is -1.23. The first-order valence-corrected chi connectivity index (χ1v) is 3.80. The lowest BCUT2D eigenvalue weighted by Gasteiger charge is -2.16. The van der Waals surface area contributed by atoms with E-state index in [4.69, 9.17) is 10.4 Å². The van der Waals surface area contributed by atoms with E-state index in [0.29, 0.717) is 18.3 Å². The Labute approximate surface area is 70.1 Å². The van der Waals surface area contributed by atoms with Crippen molar-refractivity contribution in [3.05, 3.63) is 16.4 Å². The average molecular weight is 171 g/mol. The number of rotatable bonds is 3. The molecule has 0 aliphatic carbocycles. The Morgan fingerprint density at radius 2 is 2.42 bits per heavy atom. The van der Waals surface area contributed by atoms with E-state index in [2.05, 4.69) is 5.16 Å². The predicted molar refractivity (Wildman–Crippen MR) is 45.7 cm³/mol. The van der Waals surface area contributed by atoms with Gasteiger partial charge in [0.2, 0.25) is 5.88 Å². The maximum absolute atomic E-state index is 10.6. The molecule has 1 rings (SSSR count). The summed E-state index contributed by atoms with van der Waals surface area (Å²) in [6, 6.07) is 1.32. The van der Waals surface area contributed by atoms with Gasteiger partial charge in [0.25, 0.3) is 5.56 Å². The van der Waals surface area contributed by atoms with Crippen LogP contribution < -0.4 is 16.4 Å². The molecule has 0 saturated heterocycles. The Morgan fingerprint density at radius 3 is 2.83 bits per heavy atom. The van der Waals surface area contributed by atoms with Gasteiger partial charge in [-0.15, -0.1) is 0 Å². The van der Waals surface area contributed by atoms with Crippen LogP contribution in [0.2, 0.25) is 0 Å². The number of hydrogen-bond acceptors (Lipinski definition) is 4. The van der Waals surface area contributed by atoms with Gasteiger partial charge in [0.05, 0.1) is 6.07 Å². The molecule has 0 spiro atoms. The van der Waals surface area contributed by atoms with Crippen LogP contribution in [0.4, 0.5) is 5.88 Å². The SMILES string of the molecule is CC(C)CN(N)c1cc(=O)[nH]o1. The third-order valence-corrected chi connectivity index (χ3v) is 1.36. The molecule has 0 aliphatic rings. The van der Waals surface area contributed by atoms with E-state index in [1.807, 2.05) is 13.8 Å². The molecule has 0 unspecified atom stereocenters. The highest BCUT2D eigenvalue weighted by atomic mass is 16.5. The molecule has 5 heteroatoms. The highest BCUT2D eigenvalue weighted by molar-refractivity contribution is 5.29. The molecule has 0 amide bonds. The number of aromatic nitrogens is 1. The molecule has 1 heterocycles. The van der Waals surface area contributed by atoms with Crippen molar-refractivity contribution in [1.29, 1.82) is 0 Å². The minimum atomic E-state index is -0.274. The number of nitrogens with two attached hydrogens (primary N) is 1. The largest absolute Gasteiger partial charge is 0.359 e. The maximum atomic E-state index is 10.6. The van der Waals surface area contributed by atoms with Gasteiger partial charge in [0.15, 0.2) is 0 Å². The summed E-state index contributed by atoms with van der Waals surface area (Å²) >= 11 is 0. The molecule has 0 fully saturated rings. The van der Waals surface area contributed by atoms with Crippen molar-refractivity contribution in [2.24, 2.45) is 11.8 Å². The Kier molecular flexibility index (Phi) is 2.54. The number of anilines is 1. The normalized spacial score (nSPS) is 10.7. The zero-order valence-electron chi connectivity index (χ0n) is 7.20. The highest BCUT2D eigenvalue weighted by Crippen LogP contribution is 2.07. The van der Waals surface area contributed by atoms with Crippen LogP contribution in [-0.4, -0.2) is 11.7 Å². The van der Waals surface area contributed by atoms with Crippen molar-refractivity contribution in [2.45, 2.75) is 13.8 Å². The predicted octanol–water partition coefficient (Wildman–Crippen LogP) is 0.304. The molecule has 1 aromatic heterocycles. The number of nitrogens with zero attached hydrogens (tertiary/aromatic N) is 1. The summed E-state index contributed by atoms with van der Waals surface area (Å²) in [4.78, 5) is 10.6. The molecule has 0 radical (unpaired) electrons. The molecule has 1 aromatic rings. The third kappa shape index (κ3) is 2.13. The van der Waals surface area contributed by atoms with Crippen LogP contribution in [0.15, 0.2) is 15.4 Å². The van der Waals surface area contributed by atoms with E-state index in [-0.39, 0.29) is 5.56 Å². The van der Waals surface area contributed by atoms with Gasteiger partial charge in [-0.3, -0.25) is 9.80 Å². The molecule has 12 heavy (non-hydrogen) atoms. The van der Waals surface area contributed by atoms with Crippen molar-refractivity contribution in [1.82, 2.24) is 5.16 Å². The molecular formula is C7H13N3O2. The van der Waals surface area contributed by atoms with Crippen molar-refractivity contribution >= 4 is 5.88 Å². The second kappa shape index (κ2) is 3.44. The number of H-pyrrole nitrogens is 1. The smallest absolute Gasteiger partial charge is 0.282 e. The van der Waals surface area contributed by atoms with Gasteiger partial charge in [-0.2, -0.15) is 5.16 Å². The van der Waals surface area contributed by atoms with E-state index >= 15 is 0 Å². The molecular weight excluding hydrogens is 158 g/mol. The maximum Gasteiger partial charge on any atom is 0.282 e. The lowest BCUT2D eigenvalue weighted by Crippen LogP contribution is -2.34. The first-order chi connectivity index (χ1) is 5.59. The van der Waals surface area contributed by atoms with Crippen LogP contribution in [0.5, 0.6) is 0 Å². The molecule has 0 saturated carbocycles.